The van der Waals surface area contributed by atoms with Crippen LogP contribution in [0.2, 0.25) is 5.02 Å². The highest BCUT2D eigenvalue weighted by atomic mass is 35.5. The van der Waals surface area contributed by atoms with Crippen molar-refractivity contribution < 1.29 is 45.4 Å². The van der Waals surface area contributed by atoms with Crippen LogP contribution in [0.4, 0.5) is 13.2 Å². The molecule has 178 valence electrons. The smallest absolute Gasteiger partial charge is 0.416 e. The summed E-state index contributed by atoms with van der Waals surface area (Å²) in [4.78, 5) is 35.3. The Kier molecular flexibility index (Phi) is 8.25. The van der Waals surface area contributed by atoms with Crippen LogP contribution in [0.1, 0.15) is 35.2 Å². The summed E-state index contributed by atoms with van der Waals surface area (Å²) >= 11 is 5.87. The molecular weight excluding hydrogens is 489 g/mol. The van der Waals surface area contributed by atoms with E-state index < -0.39 is 45.5 Å². The summed E-state index contributed by atoms with van der Waals surface area (Å²) in [5, 5.41) is -0.349. The molecule has 12 heteroatoms. The summed E-state index contributed by atoms with van der Waals surface area (Å²) < 4.78 is 72.4. The van der Waals surface area contributed by atoms with E-state index in [1.807, 2.05) is 0 Å². The number of Topliss-reactive ketones (excluding diaryl/α,β-unsaturated/α-hetero) is 2. The summed E-state index contributed by atoms with van der Waals surface area (Å²) in [6.07, 6.45) is -4.97. The van der Waals surface area contributed by atoms with Gasteiger partial charge in [-0.25, -0.2) is 8.42 Å². The van der Waals surface area contributed by atoms with Crippen LogP contribution in [-0.2, 0) is 30.3 Å². The van der Waals surface area contributed by atoms with Crippen LogP contribution in [0.15, 0.2) is 41.3 Å². The first-order valence-corrected chi connectivity index (χ1v) is 11.5. The summed E-state index contributed by atoms with van der Waals surface area (Å²) in [6.45, 7) is 0. The Morgan fingerprint density at radius 3 is 2.24 bits per heavy atom. The van der Waals surface area contributed by atoms with Crippen LogP contribution in [0.25, 0.3) is 0 Å². The Bertz CT molecular complexity index is 1190. The van der Waals surface area contributed by atoms with Crippen molar-refractivity contribution in [1.29, 1.82) is 0 Å². The molecule has 0 fully saturated rings. The molecular formula is C21H18ClF3O7S. The van der Waals surface area contributed by atoms with Gasteiger partial charge in [0, 0.05) is 24.7 Å². The number of methoxy groups -OCH3 is 1. The van der Waals surface area contributed by atoms with Gasteiger partial charge >= 0.3 is 12.1 Å². The second-order valence-corrected chi connectivity index (χ2v) is 9.28. The summed E-state index contributed by atoms with van der Waals surface area (Å²) in [7, 11) is -2.74. The summed E-state index contributed by atoms with van der Waals surface area (Å²) in [5.41, 5.74) is -1.26. The Morgan fingerprint density at radius 1 is 1.03 bits per heavy atom. The average molecular weight is 507 g/mol. The van der Waals surface area contributed by atoms with Gasteiger partial charge < -0.3 is 9.47 Å². The van der Waals surface area contributed by atoms with Crippen molar-refractivity contribution in [3.63, 3.8) is 0 Å². The van der Waals surface area contributed by atoms with Crippen LogP contribution in [0.5, 0.6) is 11.5 Å². The minimum absolute atomic E-state index is 0.0618. The molecule has 2 rings (SSSR count). The largest absolute Gasteiger partial charge is 0.469 e. The molecule has 0 unspecified atom stereocenters. The molecule has 0 spiro atoms. The number of sulfone groups is 1. The number of hydrogen-bond acceptors (Lipinski definition) is 7. The van der Waals surface area contributed by atoms with Crippen molar-refractivity contribution in [2.75, 3.05) is 13.4 Å². The molecule has 0 saturated carbocycles. The number of ether oxygens (including phenoxy) is 2. The number of carbonyl (C=O) groups excluding carboxylic acids is 3. The number of halogens is 4. The molecule has 7 nitrogen and oxygen atoms in total. The van der Waals surface area contributed by atoms with E-state index >= 15 is 0 Å². The first-order chi connectivity index (χ1) is 15.2. The lowest BCUT2D eigenvalue weighted by Crippen LogP contribution is -2.13. The number of hydrogen-bond donors (Lipinski definition) is 0. The molecule has 0 atom stereocenters. The van der Waals surface area contributed by atoms with Crippen molar-refractivity contribution in [3.05, 3.63) is 52.5 Å². The van der Waals surface area contributed by atoms with Gasteiger partial charge in [-0.2, -0.15) is 13.2 Å². The molecule has 0 N–H and O–H groups in total. The zero-order chi connectivity index (χ0) is 25.0. The van der Waals surface area contributed by atoms with Crippen molar-refractivity contribution in [2.24, 2.45) is 0 Å². The van der Waals surface area contributed by atoms with Crippen molar-refractivity contribution >= 4 is 39.0 Å². The molecule has 0 radical (unpaired) electrons. The maximum absolute atomic E-state index is 12.8. The van der Waals surface area contributed by atoms with Gasteiger partial charge in [0.2, 0.25) is 0 Å². The molecule has 2 aromatic carbocycles. The number of alkyl halides is 3. The monoisotopic (exact) mass is 506 g/mol. The number of carbonyl (C=O) groups is 3. The molecule has 0 aliphatic carbocycles. The highest BCUT2D eigenvalue weighted by molar-refractivity contribution is 7.90. The molecule has 0 aromatic heterocycles. The van der Waals surface area contributed by atoms with Gasteiger partial charge in [0.25, 0.3) is 0 Å². The molecule has 0 bridgehead atoms. The van der Waals surface area contributed by atoms with Crippen LogP contribution in [-0.4, -0.2) is 39.3 Å². The molecule has 33 heavy (non-hydrogen) atoms. The van der Waals surface area contributed by atoms with E-state index in [1.165, 1.54) is 6.07 Å². The lowest BCUT2D eigenvalue weighted by atomic mass is 10.0. The fraction of sp³-hybridized carbons (Fsp3) is 0.286. The predicted molar refractivity (Wildman–Crippen MR) is 111 cm³/mol. The van der Waals surface area contributed by atoms with Crippen LogP contribution >= 0.6 is 11.6 Å². The topological polar surface area (TPSA) is 104 Å². The number of ketones is 2. The first-order valence-electron chi connectivity index (χ1n) is 9.22. The molecule has 0 aliphatic rings. The van der Waals surface area contributed by atoms with Gasteiger partial charge in [0.1, 0.15) is 23.7 Å². The van der Waals surface area contributed by atoms with Crippen molar-refractivity contribution in [2.45, 2.75) is 30.3 Å². The van der Waals surface area contributed by atoms with Gasteiger partial charge in [0.05, 0.1) is 22.6 Å². The van der Waals surface area contributed by atoms with E-state index in [0.717, 1.165) is 37.6 Å². The molecule has 0 amide bonds. The fourth-order valence-electron chi connectivity index (χ4n) is 2.71. The Labute approximate surface area is 192 Å². The van der Waals surface area contributed by atoms with Crippen LogP contribution in [0, 0.1) is 0 Å². The molecule has 2 aromatic rings. The third kappa shape index (κ3) is 7.29. The van der Waals surface area contributed by atoms with E-state index in [4.69, 9.17) is 16.3 Å². The second-order valence-electron chi connectivity index (χ2n) is 6.89. The van der Waals surface area contributed by atoms with Crippen LogP contribution < -0.4 is 4.74 Å². The third-order valence-corrected chi connectivity index (χ3v) is 5.79. The van der Waals surface area contributed by atoms with E-state index in [2.05, 4.69) is 4.74 Å². The highest BCUT2D eigenvalue weighted by Gasteiger charge is 2.31. The standard InChI is InChI=1S/C21H18ClF3O7S/c1-31-20(28)10-13(26)4-6-17(27)15-11-14(5-8-19(15)33(2,29)30)32-18-7-3-12(9-16(18)22)21(23,24)25/h3,5,7-9,11H,4,6,10H2,1-2H3. The number of rotatable bonds is 9. The zero-order valence-electron chi connectivity index (χ0n) is 17.4. The third-order valence-electron chi connectivity index (χ3n) is 4.34. The number of esters is 1. The second kappa shape index (κ2) is 10.3. The minimum atomic E-state index is -4.61. The normalized spacial score (nSPS) is 11.7. The van der Waals surface area contributed by atoms with Crippen molar-refractivity contribution in [3.8, 4) is 11.5 Å². The Morgan fingerprint density at radius 2 is 1.70 bits per heavy atom. The number of benzene rings is 2. The molecule has 0 saturated heterocycles. The van der Waals surface area contributed by atoms with Crippen molar-refractivity contribution in [1.82, 2.24) is 0 Å². The lowest BCUT2D eigenvalue weighted by Gasteiger charge is -2.13. The highest BCUT2D eigenvalue weighted by Crippen LogP contribution is 2.37. The zero-order valence-corrected chi connectivity index (χ0v) is 18.9. The Hall–Kier alpha value is -2.92. The van der Waals surface area contributed by atoms with E-state index in [0.29, 0.717) is 6.07 Å². The SMILES string of the molecule is COC(=O)CC(=O)CCC(=O)c1cc(Oc2ccc(C(F)(F)F)cc2Cl)ccc1S(C)(=O)=O. The molecule has 0 heterocycles. The predicted octanol–water partition coefficient (Wildman–Crippen LogP) is 4.65. The summed E-state index contributed by atoms with van der Waals surface area (Å²) in [6, 6.07) is 5.82. The van der Waals surface area contributed by atoms with Gasteiger partial charge in [-0.1, -0.05) is 11.6 Å². The van der Waals surface area contributed by atoms with E-state index in [-0.39, 0.29) is 39.8 Å². The van der Waals surface area contributed by atoms with Crippen LogP contribution in [0.3, 0.4) is 0 Å². The maximum Gasteiger partial charge on any atom is 0.416 e. The first kappa shape index (κ1) is 26.3. The van der Waals surface area contributed by atoms with Gasteiger partial charge in [-0.15, -0.1) is 0 Å². The Balaban J connectivity index is 2.31. The van der Waals surface area contributed by atoms with Gasteiger partial charge in [0.15, 0.2) is 15.6 Å². The minimum Gasteiger partial charge on any atom is -0.469 e. The maximum atomic E-state index is 12.8. The molecule has 0 aliphatic heterocycles. The fourth-order valence-corrected chi connectivity index (χ4v) is 3.82. The average Bonchev–Trinajstić information content (AvgIpc) is 2.71. The van der Waals surface area contributed by atoms with Gasteiger partial charge in [-0.3, -0.25) is 14.4 Å². The van der Waals surface area contributed by atoms with E-state index in [1.54, 1.807) is 0 Å². The quantitative estimate of drug-likeness (QED) is 0.277. The van der Waals surface area contributed by atoms with Gasteiger partial charge in [-0.05, 0) is 36.4 Å². The lowest BCUT2D eigenvalue weighted by molar-refractivity contribution is -0.143. The summed E-state index contributed by atoms with van der Waals surface area (Å²) in [5.74, 6) is -2.26. The van der Waals surface area contributed by atoms with E-state index in [9.17, 15) is 36.0 Å².